The zero-order chi connectivity index (χ0) is 36.3. The van der Waals surface area contributed by atoms with Gasteiger partial charge in [0.2, 0.25) is 0 Å². The molecule has 0 saturated heterocycles. The molecule has 55 heavy (non-hydrogen) atoms. The van der Waals surface area contributed by atoms with Crippen LogP contribution in [0, 0.1) is 0 Å². The first-order valence-electron chi connectivity index (χ1n) is 18.8. The summed E-state index contributed by atoms with van der Waals surface area (Å²) < 4.78 is 8.75. The van der Waals surface area contributed by atoms with Crippen molar-refractivity contribution in [2.75, 3.05) is 4.90 Å². The van der Waals surface area contributed by atoms with Crippen molar-refractivity contribution in [1.29, 1.82) is 0 Å². The summed E-state index contributed by atoms with van der Waals surface area (Å²) in [6.07, 6.45) is 0. The van der Waals surface area contributed by atoms with Crippen LogP contribution < -0.4 is 4.90 Å². The summed E-state index contributed by atoms with van der Waals surface area (Å²) in [7, 11) is 0. The SMILES string of the molecule is c1ccc(N(c2ccc(-c3cccc(-n4c5ccccc5c5ccccc54)c3)cc2)c2ccccc2-c2ccc3oc4cc5ccccc5cc4c3c2)cc1. The fraction of sp³-hybridized carbons (Fsp3) is 0. The van der Waals surface area contributed by atoms with Crippen LogP contribution in [-0.4, -0.2) is 4.57 Å². The fourth-order valence-electron chi connectivity index (χ4n) is 8.38. The molecule has 0 fully saturated rings. The number of para-hydroxylation sites is 4. The van der Waals surface area contributed by atoms with Gasteiger partial charge >= 0.3 is 0 Å². The van der Waals surface area contributed by atoms with E-state index in [4.69, 9.17) is 4.42 Å². The van der Waals surface area contributed by atoms with Crippen molar-refractivity contribution in [1.82, 2.24) is 4.57 Å². The zero-order valence-corrected chi connectivity index (χ0v) is 29.9. The van der Waals surface area contributed by atoms with E-state index in [1.165, 1.54) is 38.1 Å². The third-order valence-electron chi connectivity index (χ3n) is 11.0. The van der Waals surface area contributed by atoms with E-state index < -0.39 is 0 Å². The molecule has 0 radical (unpaired) electrons. The summed E-state index contributed by atoms with van der Waals surface area (Å²) in [5.74, 6) is 0. The van der Waals surface area contributed by atoms with Gasteiger partial charge in [-0.3, -0.25) is 0 Å². The molecule has 0 N–H and O–H groups in total. The van der Waals surface area contributed by atoms with Crippen molar-refractivity contribution in [3.63, 3.8) is 0 Å². The van der Waals surface area contributed by atoms with Crippen molar-refractivity contribution in [2.24, 2.45) is 0 Å². The first-order valence-corrected chi connectivity index (χ1v) is 18.8. The van der Waals surface area contributed by atoms with Crippen LogP contribution >= 0.6 is 0 Å². The van der Waals surface area contributed by atoms with E-state index in [9.17, 15) is 0 Å². The van der Waals surface area contributed by atoms with Crippen LogP contribution in [0.15, 0.2) is 211 Å². The number of fused-ring (bicyclic) bond motifs is 7. The predicted octanol–water partition coefficient (Wildman–Crippen LogP) is 14.6. The second-order valence-electron chi connectivity index (χ2n) is 14.2. The van der Waals surface area contributed by atoms with Gasteiger partial charge in [-0.25, -0.2) is 0 Å². The maximum atomic E-state index is 6.37. The standard InChI is InChI=1S/C52H34N2O/c1-2-16-40(17-3-1)53(48-22-9-6-19-43(48)39-27-30-51-46(33-39)47-32-37-13-4-5-14-38(37)34-52(47)55-51)41-28-25-35(26-29-41)36-15-12-18-42(31-36)54-49-23-10-7-20-44(49)45-21-8-11-24-50(45)54/h1-34H. The van der Waals surface area contributed by atoms with Gasteiger partial charge in [0.15, 0.2) is 0 Å². The highest BCUT2D eigenvalue weighted by Gasteiger charge is 2.19. The second-order valence-corrected chi connectivity index (χ2v) is 14.2. The number of rotatable bonds is 6. The topological polar surface area (TPSA) is 21.3 Å². The Kier molecular flexibility index (Phi) is 7.17. The molecule has 11 aromatic rings. The van der Waals surface area contributed by atoms with Crippen molar-refractivity contribution in [3.8, 4) is 27.9 Å². The molecule has 0 saturated carbocycles. The highest BCUT2D eigenvalue weighted by molar-refractivity contribution is 6.12. The Morgan fingerprint density at radius 3 is 1.76 bits per heavy atom. The summed E-state index contributed by atoms with van der Waals surface area (Å²) >= 11 is 0. The van der Waals surface area contributed by atoms with E-state index in [1.54, 1.807) is 0 Å². The van der Waals surface area contributed by atoms with Crippen LogP contribution in [0.3, 0.4) is 0 Å². The van der Waals surface area contributed by atoms with Gasteiger partial charge in [0.25, 0.3) is 0 Å². The molecule has 3 nitrogen and oxygen atoms in total. The number of hydrogen-bond acceptors (Lipinski definition) is 2. The molecule has 11 rings (SSSR count). The van der Waals surface area contributed by atoms with Gasteiger partial charge in [-0.05, 0) is 106 Å². The quantitative estimate of drug-likeness (QED) is 0.172. The molecule has 0 bridgehead atoms. The lowest BCUT2D eigenvalue weighted by Gasteiger charge is -2.28. The summed E-state index contributed by atoms with van der Waals surface area (Å²) in [6, 6.07) is 74.0. The van der Waals surface area contributed by atoms with Crippen LogP contribution in [0.1, 0.15) is 0 Å². The molecule has 258 valence electrons. The van der Waals surface area contributed by atoms with Gasteiger partial charge in [0, 0.05) is 44.2 Å². The molecule has 2 aromatic heterocycles. The van der Waals surface area contributed by atoms with Crippen molar-refractivity contribution < 1.29 is 4.42 Å². The second kappa shape index (κ2) is 12.6. The van der Waals surface area contributed by atoms with Gasteiger partial charge in [-0.2, -0.15) is 0 Å². The number of aromatic nitrogens is 1. The minimum Gasteiger partial charge on any atom is -0.456 e. The Morgan fingerprint density at radius 1 is 0.364 bits per heavy atom. The van der Waals surface area contributed by atoms with Crippen molar-refractivity contribution >= 4 is 71.6 Å². The maximum absolute atomic E-state index is 6.37. The molecule has 3 heteroatoms. The Hall–Kier alpha value is -7.36. The molecule has 0 atom stereocenters. The minimum atomic E-state index is 0.893. The minimum absolute atomic E-state index is 0.893. The van der Waals surface area contributed by atoms with E-state index in [0.29, 0.717) is 0 Å². The molecule has 2 heterocycles. The van der Waals surface area contributed by atoms with Crippen LogP contribution in [0.2, 0.25) is 0 Å². The summed E-state index contributed by atoms with van der Waals surface area (Å²) in [6.45, 7) is 0. The Bertz CT molecular complexity index is 3150. The summed E-state index contributed by atoms with van der Waals surface area (Å²) in [5, 5.41) is 7.17. The average Bonchev–Trinajstić information content (AvgIpc) is 3.78. The van der Waals surface area contributed by atoms with Gasteiger partial charge in [-0.1, -0.05) is 127 Å². The van der Waals surface area contributed by atoms with Crippen molar-refractivity contribution in [2.45, 2.75) is 0 Å². The highest BCUT2D eigenvalue weighted by Crippen LogP contribution is 2.43. The van der Waals surface area contributed by atoms with Gasteiger partial charge in [-0.15, -0.1) is 0 Å². The third-order valence-corrected chi connectivity index (χ3v) is 11.0. The zero-order valence-electron chi connectivity index (χ0n) is 29.9. The normalized spacial score (nSPS) is 11.6. The summed E-state index contributed by atoms with van der Waals surface area (Å²) in [4.78, 5) is 2.36. The maximum Gasteiger partial charge on any atom is 0.136 e. The lowest BCUT2D eigenvalue weighted by molar-refractivity contribution is 0.669. The Labute approximate surface area is 318 Å². The molecule has 0 amide bonds. The number of furan rings is 1. The molecular weight excluding hydrogens is 669 g/mol. The Balaban J connectivity index is 1.00. The molecule has 0 aliphatic carbocycles. The lowest BCUT2D eigenvalue weighted by atomic mass is 9.98. The number of nitrogens with zero attached hydrogens (tertiary/aromatic N) is 2. The van der Waals surface area contributed by atoms with Crippen molar-refractivity contribution in [3.05, 3.63) is 206 Å². The van der Waals surface area contributed by atoms with Crippen LogP contribution in [0.25, 0.3) is 82.5 Å². The van der Waals surface area contributed by atoms with E-state index in [1.807, 2.05) is 0 Å². The monoisotopic (exact) mass is 702 g/mol. The fourth-order valence-corrected chi connectivity index (χ4v) is 8.38. The van der Waals surface area contributed by atoms with E-state index in [2.05, 4.69) is 216 Å². The Morgan fingerprint density at radius 2 is 0.982 bits per heavy atom. The average molecular weight is 703 g/mol. The van der Waals surface area contributed by atoms with Gasteiger partial charge in [0.05, 0.1) is 16.7 Å². The molecule has 9 aromatic carbocycles. The molecule has 0 unspecified atom stereocenters. The van der Waals surface area contributed by atoms with Gasteiger partial charge in [0.1, 0.15) is 11.2 Å². The number of benzene rings is 9. The van der Waals surface area contributed by atoms with E-state index in [-0.39, 0.29) is 0 Å². The number of anilines is 3. The van der Waals surface area contributed by atoms with Gasteiger partial charge < -0.3 is 13.9 Å². The molecular formula is C52H34N2O. The van der Waals surface area contributed by atoms with Crippen LogP contribution in [-0.2, 0) is 0 Å². The predicted molar refractivity (Wildman–Crippen MR) is 231 cm³/mol. The molecule has 0 aliphatic rings. The van der Waals surface area contributed by atoms with E-state index >= 15 is 0 Å². The van der Waals surface area contributed by atoms with E-state index in [0.717, 1.165) is 61.4 Å². The first kappa shape index (κ1) is 31.2. The summed E-state index contributed by atoms with van der Waals surface area (Å²) in [5.41, 5.74) is 13.3. The lowest BCUT2D eigenvalue weighted by Crippen LogP contribution is -2.11. The first-order chi connectivity index (χ1) is 27.3. The highest BCUT2D eigenvalue weighted by atomic mass is 16.3. The van der Waals surface area contributed by atoms with Crippen LogP contribution in [0.4, 0.5) is 17.1 Å². The third kappa shape index (κ3) is 5.20. The number of hydrogen-bond donors (Lipinski definition) is 0. The smallest absolute Gasteiger partial charge is 0.136 e. The van der Waals surface area contributed by atoms with Crippen LogP contribution in [0.5, 0.6) is 0 Å². The largest absolute Gasteiger partial charge is 0.456 e. The molecule has 0 spiro atoms. The molecule has 0 aliphatic heterocycles.